The molecule has 1 fully saturated rings. The molecule has 0 aliphatic carbocycles. The molecule has 2 aromatic rings. The van der Waals surface area contributed by atoms with Crippen molar-refractivity contribution >= 4 is 58.2 Å². The van der Waals surface area contributed by atoms with Crippen molar-refractivity contribution in [1.29, 1.82) is 0 Å². The Balaban J connectivity index is 1.84. The average Bonchev–Trinajstić information content (AvgIpc) is 2.74. The van der Waals surface area contributed by atoms with Crippen LogP contribution in [0.15, 0.2) is 41.3 Å². The molecular formula is C20H19Cl2N3O4S. The van der Waals surface area contributed by atoms with Crippen molar-refractivity contribution in [3.63, 3.8) is 0 Å². The topological polar surface area (TPSA) is 92.6 Å². The Morgan fingerprint density at radius 3 is 2.63 bits per heavy atom. The molecule has 1 heterocycles. The zero-order chi connectivity index (χ0) is 21.8. The number of anilines is 1. The third-order valence-corrected chi connectivity index (χ3v) is 6.21. The van der Waals surface area contributed by atoms with Crippen molar-refractivity contribution in [2.24, 2.45) is 0 Å². The van der Waals surface area contributed by atoms with Crippen molar-refractivity contribution in [2.45, 2.75) is 30.2 Å². The smallest absolute Gasteiger partial charge is 0.283 e. The summed E-state index contributed by atoms with van der Waals surface area (Å²) in [4.78, 5) is 38.8. The second-order valence-electron chi connectivity index (χ2n) is 6.77. The van der Waals surface area contributed by atoms with Crippen LogP contribution in [0.4, 0.5) is 11.4 Å². The fourth-order valence-electron chi connectivity index (χ4n) is 3.39. The largest absolute Gasteiger partial charge is 0.327 e. The lowest BCUT2D eigenvalue weighted by atomic mass is 9.99. The van der Waals surface area contributed by atoms with Crippen LogP contribution in [0.5, 0.6) is 0 Å². The number of nitrogens with zero attached hydrogens (tertiary/aromatic N) is 2. The molecule has 0 radical (unpaired) electrons. The lowest BCUT2D eigenvalue weighted by Crippen LogP contribution is -2.50. The summed E-state index contributed by atoms with van der Waals surface area (Å²) in [5, 5.41) is 14.8. The summed E-state index contributed by atoms with van der Waals surface area (Å²) in [5.74, 6) is -0.768. The van der Waals surface area contributed by atoms with Gasteiger partial charge in [0.05, 0.1) is 20.5 Å². The molecule has 30 heavy (non-hydrogen) atoms. The molecule has 1 aliphatic heterocycles. The fraction of sp³-hybridized carbons (Fsp3) is 0.300. The minimum Gasteiger partial charge on any atom is -0.327 e. The highest BCUT2D eigenvalue weighted by Gasteiger charge is 2.33. The Hall–Kier alpha value is -2.29. The molecule has 1 aliphatic rings. The van der Waals surface area contributed by atoms with Gasteiger partial charge in [0, 0.05) is 23.2 Å². The van der Waals surface area contributed by atoms with Crippen LogP contribution in [0.2, 0.25) is 10.0 Å². The number of nitro groups is 1. The highest BCUT2D eigenvalue weighted by Crippen LogP contribution is 2.30. The third-order valence-electron chi connectivity index (χ3n) is 4.88. The van der Waals surface area contributed by atoms with Gasteiger partial charge < -0.3 is 10.2 Å². The van der Waals surface area contributed by atoms with Gasteiger partial charge in [0.25, 0.3) is 11.6 Å². The van der Waals surface area contributed by atoms with Crippen LogP contribution in [-0.4, -0.2) is 40.5 Å². The molecule has 1 atom stereocenters. The maximum atomic E-state index is 13.1. The number of hydrogen-bond donors (Lipinski definition) is 1. The zero-order valence-corrected chi connectivity index (χ0v) is 18.4. The molecule has 2 aromatic carbocycles. The molecule has 10 heteroatoms. The Morgan fingerprint density at radius 1 is 1.20 bits per heavy atom. The zero-order valence-electron chi connectivity index (χ0n) is 16.1. The SMILES string of the molecule is CSc1ccc(C(=O)N2CCCCC2C(=O)Nc2ccc(Cl)cc2Cl)cc1[N+](=O)[O-]. The van der Waals surface area contributed by atoms with Gasteiger partial charge in [0.15, 0.2) is 0 Å². The predicted octanol–water partition coefficient (Wildman–Crippen LogP) is 5.26. The number of carbonyl (C=O) groups is 2. The first-order valence-corrected chi connectivity index (χ1v) is 11.2. The van der Waals surface area contributed by atoms with Gasteiger partial charge in [-0.2, -0.15) is 0 Å². The molecule has 1 saturated heterocycles. The fourth-order valence-corrected chi connectivity index (χ4v) is 4.39. The summed E-state index contributed by atoms with van der Waals surface area (Å²) < 4.78 is 0. The van der Waals surface area contributed by atoms with Gasteiger partial charge >= 0.3 is 0 Å². The van der Waals surface area contributed by atoms with Crippen molar-refractivity contribution in [3.8, 4) is 0 Å². The van der Waals surface area contributed by atoms with Gasteiger partial charge in [-0.05, 0) is 55.9 Å². The number of hydrogen-bond acceptors (Lipinski definition) is 5. The van der Waals surface area contributed by atoms with E-state index in [1.807, 2.05) is 0 Å². The Kier molecular flexibility index (Phi) is 7.23. The molecule has 158 valence electrons. The highest BCUT2D eigenvalue weighted by molar-refractivity contribution is 7.98. The molecule has 1 unspecified atom stereocenters. The average molecular weight is 468 g/mol. The van der Waals surface area contributed by atoms with Gasteiger partial charge in [-0.25, -0.2) is 0 Å². The van der Waals surface area contributed by atoms with Crippen molar-refractivity contribution in [3.05, 3.63) is 62.1 Å². The number of halogens is 2. The van der Waals surface area contributed by atoms with Crippen LogP contribution in [0, 0.1) is 10.1 Å². The number of carbonyl (C=O) groups excluding carboxylic acids is 2. The van der Waals surface area contributed by atoms with Crippen molar-refractivity contribution in [2.75, 3.05) is 18.1 Å². The number of rotatable bonds is 5. The normalized spacial score (nSPS) is 16.2. The molecule has 3 rings (SSSR count). The standard InChI is InChI=1S/C20H19Cl2N3O4S/c1-30-18-8-5-12(10-17(18)25(28)29)20(27)24-9-3-2-4-16(24)19(26)23-15-7-6-13(21)11-14(15)22/h5-8,10-11,16H,2-4,9H2,1H3,(H,23,26). The summed E-state index contributed by atoms with van der Waals surface area (Å²) >= 11 is 13.3. The summed E-state index contributed by atoms with van der Waals surface area (Å²) in [5.41, 5.74) is 0.465. The number of piperidine rings is 1. The molecule has 2 amide bonds. The van der Waals surface area contributed by atoms with E-state index in [-0.39, 0.29) is 17.2 Å². The summed E-state index contributed by atoms with van der Waals surface area (Å²) in [7, 11) is 0. The second kappa shape index (κ2) is 9.68. The Bertz CT molecular complexity index is 1000. The van der Waals surface area contributed by atoms with Gasteiger partial charge in [0.2, 0.25) is 5.91 Å². The van der Waals surface area contributed by atoms with Crippen LogP contribution in [0.3, 0.4) is 0 Å². The number of thioether (sulfide) groups is 1. The van der Waals surface area contributed by atoms with E-state index in [2.05, 4.69) is 5.32 Å². The first-order chi connectivity index (χ1) is 14.3. The van der Waals surface area contributed by atoms with E-state index in [0.29, 0.717) is 33.6 Å². The van der Waals surface area contributed by atoms with Gasteiger partial charge in [0.1, 0.15) is 6.04 Å². The minimum absolute atomic E-state index is 0.126. The van der Waals surface area contributed by atoms with E-state index in [0.717, 1.165) is 12.8 Å². The maximum absolute atomic E-state index is 13.1. The molecule has 1 N–H and O–H groups in total. The monoisotopic (exact) mass is 467 g/mol. The predicted molar refractivity (Wildman–Crippen MR) is 119 cm³/mol. The number of likely N-dealkylation sites (tertiary alicyclic amines) is 1. The quantitative estimate of drug-likeness (QED) is 0.367. The van der Waals surface area contributed by atoms with Crippen molar-refractivity contribution < 1.29 is 14.5 Å². The van der Waals surface area contributed by atoms with E-state index in [4.69, 9.17) is 23.2 Å². The molecule has 0 bridgehead atoms. The lowest BCUT2D eigenvalue weighted by Gasteiger charge is -2.34. The number of benzene rings is 2. The number of amides is 2. The van der Waals surface area contributed by atoms with E-state index in [1.54, 1.807) is 30.5 Å². The van der Waals surface area contributed by atoms with Crippen LogP contribution in [0.25, 0.3) is 0 Å². The van der Waals surface area contributed by atoms with E-state index in [1.165, 1.54) is 28.8 Å². The molecule has 0 saturated carbocycles. The molecule has 0 aromatic heterocycles. The number of nitro benzene ring substituents is 1. The van der Waals surface area contributed by atoms with Gasteiger partial charge in [-0.1, -0.05) is 23.2 Å². The van der Waals surface area contributed by atoms with Gasteiger partial charge in [-0.15, -0.1) is 11.8 Å². The minimum atomic E-state index is -0.697. The molecular weight excluding hydrogens is 449 g/mol. The first-order valence-electron chi connectivity index (χ1n) is 9.21. The highest BCUT2D eigenvalue weighted by atomic mass is 35.5. The van der Waals surface area contributed by atoms with E-state index >= 15 is 0 Å². The van der Waals surface area contributed by atoms with Gasteiger partial charge in [-0.3, -0.25) is 19.7 Å². The summed E-state index contributed by atoms with van der Waals surface area (Å²) in [6.45, 7) is 0.392. The lowest BCUT2D eigenvalue weighted by molar-refractivity contribution is -0.387. The van der Waals surface area contributed by atoms with E-state index < -0.39 is 16.9 Å². The maximum Gasteiger partial charge on any atom is 0.283 e. The molecule has 0 spiro atoms. The van der Waals surface area contributed by atoms with Crippen LogP contribution in [-0.2, 0) is 4.79 Å². The van der Waals surface area contributed by atoms with Crippen molar-refractivity contribution in [1.82, 2.24) is 4.90 Å². The third kappa shape index (κ3) is 4.88. The van der Waals surface area contributed by atoms with Crippen LogP contribution >= 0.6 is 35.0 Å². The van der Waals surface area contributed by atoms with Crippen LogP contribution < -0.4 is 5.32 Å². The summed E-state index contributed by atoms with van der Waals surface area (Å²) in [6.07, 6.45) is 3.77. The van der Waals surface area contributed by atoms with Crippen LogP contribution in [0.1, 0.15) is 29.6 Å². The summed E-state index contributed by atoms with van der Waals surface area (Å²) in [6, 6.07) is 8.42. The molecule has 7 nitrogen and oxygen atoms in total. The Labute approximate surface area is 187 Å². The number of nitrogens with one attached hydrogen (secondary N) is 1. The first kappa shape index (κ1) is 22.4. The Morgan fingerprint density at radius 2 is 1.97 bits per heavy atom. The second-order valence-corrected chi connectivity index (χ2v) is 8.46. The van der Waals surface area contributed by atoms with E-state index in [9.17, 15) is 19.7 Å².